The molecule has 0 spiro atoms. The number of benzene rings is 1. The van der Waals surface area contributed by atoms with Gasteiger partial charge in [0.05, 0.1) is 10.6 Å². The summed E-state index contributed by atoms with van der Waals surface area (Å²) in [7, 11) is 0. The van der Waals surface area contributed by atoms with Gasteiger partial charge in [0.15, 0.2) is 0 Å². The maximum absolute atomic E-state index is 10.9. The van der Waals surface area contributed by atoms with Crippen LogP contribution in [0.15, 0.2) is 36.7 Å². The molecule has 0 amide bonds. The van der Waals surface area contributed by atoms with Gasteiger partial charge < -0.3 is 9.84 Å². The van der Waals surface area contributed by atoms with Crippen LogP contribution in [0.5, 0.6) is 11.5 Å². The topological polar surface area (TPSA) is 59.4 Å². The van der Waals surface area contributed by atoms with Gasteiger partial charge in [-0.05, 0) is 18.2 Å². The van der Waals surface area contributed by atoms with Crippen molar-refractivity contribution in [1.29, 1.82) is 0 Å². The number of hydrogen-bond acceptors (Lipinski definition) is 3. The summed E-state index contributed by atoms with van der Waals surface area (Å²) < 4.78 is 5.46. The Morgan fingerprint density at radius 1 is 1.22 bits per heavy atom. The molecule has 0 atom stereocenters. The van der Waals surface area contributed by atoms with Crippen molar-refractivity contribution in [3.05, 3.63) is 52.3 Å². The number of hydrogen-bond donors (Lipinski definition) is 1. The van der Waals surface area contributed by atoms with E-state index >= 15 is 0 Å². The number of rotatable bonds is 3. The zero-order chi connectivity index (χ0) is 13.1. The van der Waals surface area contributed by atoms with E-state index in [1.807, 2.05) is 0 Å². The third-order valence-electron chi connectivity index (χ3n) is 2.13. The van der Waals surface area contributed by atoms with Gasteiger partial charge in [-0.25, -0.2) is 4.79 Å². The predicted molar refractivity (Wildman–Crippen MR) is 67.7 cm³/mol. The van der Waals surface area contributed by atoms with Crippen molar-refractivity contribution < 1.29 is 14.6 Å². The van der Waals surface area contributed by atoms with Crippen LogP contribution < -0.4 is 4.74 Å². The smallest absolute Gasteiger partial charge is 0.337 e. The number of carboxylic acids is 1. The fourth-order valence-corrected chi connectivity index (χ4v) is 1.66. The molecule has 0 bridgehead atoms. The highest BCUT2D eigenvalue weighted by atomic mass is 35.5. The summed E-state index contributed by atoms with van der Waals surface area (Å²) in [6.07, 6.45) is 2.96. The van der Waals surface area contributed by atoms with Crippen molar-refractivity contribution in [2.45, 2.75) is 0 Å². The van der Waals surface area contributed by atoms with Crippen molar-refractivity contribution in [3.8, 4) is 11.5 Å². The van der Waals surface area contributed by atoms with Crippen LogP contribution >= 0.6 is 23.2 Å². The van der Waals surface area contributed by atoms with Crippen LogP contribution in [0.3, 0.4) is 0 Å². The SMILES string of the molecule is O=C(O)c1cc(Oc2ccncc2Cl)ccc1Cl. The maximum atomic E-state index is 10.9. The lowest BCUT2D eigenvalue weighted by Gasteiger charge is -2.08. The van der Waals surface area contributed by atoms with Crippen molar-refractivity contribution in [2.75, 3.05) is 0 Å². The molecule has 2 rings (SSSR count). The standard InChI is InChI=1S/C12H7Cl2NO3/c13-9-2-1-7(5-8(9)12(16)17)18-11-3-4-15-6-10(11)14/h1-6H,(H,16,17). The molecule has 0 aliphatic heterocycles. The molecule has 92 valence electrons. The van der Waals surface area contributed by atoms with E-state index in [0.717, 1.165) is 0 Å². The summed E-state index contributed by atoms with van der Waals surface area (Å²) in [4.78, 5) is 14.7. The summed E-state index contributed by atoms with van der Waals surface area (Å²) >= 11 is 11.6. The van der Waals surface area contributed by atoms with Crippen LogP contribution in [-0.4, -0.2) is 16.1 Å². The second-order valence-electron chi connectivity index (χ2n) is 3.35. The first kappa shape index (κ1) is 12.7. The molecular formula is C12H7Cl2NO3. The van der Waals surface area contributed by atoms with E-state index in [0.29, 0.717) is 16.5 Å². The third kappa shape index (κ3) is 2.72. The molecule has 1 aromatic heterocycles. The molecule has 0 aliphatic rings. The molecule has 1 aromatic carbocycles. The van der Waals surface area contributed by atoms with Gasteiger partial charge in [0.25, 0.3) is 0 Å². The lowest BCUT2D eigenvalue weighted by atomic mass is 10.2. The number of aromatic carboxylic acids is 1. The van der Waals surface area contributed by atoms with E-state index in [1.165, 1.54) is 24.5 Å². The van der Waals surface area contributed by atoms with Gasteiger partial charge in [0.2, 0.25) is 0 Å². The Hall–Kier alpha value is -1.78. The van der Waals surface area contributed by atoms with Crippen LogP contribution in [0.1, 0.15) is 10.4 Å². The number of pyridine rings is 1. The Morgan fingerprint density at radius 3 is 2.67 bits per heavy atom. The third-order valence-corrected chi connectivity index (χ3v) is 2.74. The summed E-state index contributed by atoms with van der Waals surface area (Å²) in [6, 6.07) is 5.93. The van der Waals surface area contributed by atoms with E-state index in [9.17, 15) is 4.79 Å². The molecule has 2 aromatic rings. The van der Waals surface area contributed by atoms with Gasteiger partial charge in [-0.3, -0.25) is 4.98 Å². The maximum Gasteiger partial charge on any atom is 0.337 e. The zero-order valence-corrected chi connectivity index (χ0v) is 10.4. The molecule has 1 heterocycles. The van der Waals surface area contributed by atoms with Gasteiger partial charge in [-0.15, -0.1) is 0 Å². The highest BCUT2D eigenvalue weighted by Crippen LogP contribution is 2.30. The summed E-state index contributed by atoms with van der Waals surface area (Å²) in [5.74, 6) is -0.387. The highest BCUT2D eigenvalue weighted by Gasteiger charge is 2.11. The molecule has 0 aliphatic carbocycles. The van der Waals surface area contributed by atoms with E-state index < -0.39 is 5.97 Å². The average Bonchev–Trinajstić information content (AvgIpc) is 2.34. The Balaban J connectivity index is 2.33. The number of halogens is 2. The van der Waals surface area contributed by atoms with Gasteiger partial charge in [-0.1, -0.05) is 23.2 Å². The van der Waals surface area contributed by atoms with Crippen molar-refractivity contribution in [3.63, 3.8) is 0 Å². The first-order valence-corrected chi connectivity index (χ1v) is 5.63. The minimum absolute atomic E-state index is 0.0284. The first-order valence-electron chi connectivity index (χ1n) is 4.88. The predicted octanol–water partition coefficient (Wildman–Crippen LogP) is 3.88. The van der Waals surface area contributed by atoms with Crippen LogP contribution in [0.25, 0.3) is 0 Å². The Labute approximate surface area is 113 Å². The second-order valence-corrected chi connectivity index (χ2v) is 4.17. The summed E-state index contributed by atoms with van der Waals surface area (Å²) in [6.45, 7) is 0. The molecular weight excluding hydrogens is 277 g/mol. The molecule has 4 nitrogen and oxygen atoms in total. The van der Waals surface area contributed by atoms with Gasteiger partial charge in [0.1, 0.15) is 16.5 Å². The number of aromatic nitrogens is 1. The quantitative estimate of drug-likeness (QED) is 0.929. The second kappa shape index (κ2) is 5.25. The lowest BCUT2D eigenvalue weighted by Crippen LogP contribution is -1.98. The van der Waals surface area contributed by atoms with Gasteiger partial charge >= 0.3 is 5.97 Å². The van der Waals surface area contributed by atoms with Crippen LogP contribution in [0.2, 0.25) is 10.0 Å². The Morgan fingerprint density at radius 2 is 2.00 bits per heavy atom. The number of ether oxygens (including phenoxy) is 1. The number of nitrogens with zero attached hydrogens (tertiary/aromatic N) is 1. The lowest BCUT2D eigenvalue weighted by molar-refractivity contribution is 0.0696. The van der Waals surface area contributed by atoms with E-state index in [-0.39, 0.29) is 10.6 Å². The molecule has 0 unspecified atom stereocenters. The van der Waals surface area contributed by atoms with Crippen molar-refractivity contribution >= 4 is 29.2 Å². The molecule has 1 N–H and O–H groups in total. The average molecular weight is 284 g/mol. The van der Waals surface area contributed by atoms with Crippen LogP contribution in [0, 0.1) is 0 Å². The van der Waals surface area contributed by atoms with Gasteiger partial charge in [0, 0.05) is 18.5 Å². The number of carbonyl (C=O) groups is 1. The van der Waals surface area contributed by atoms with Crippen molar-refractivity contribution in [1.82, 2.24) is 4.98 Å². The highest BCUT2D eigenvalue weighted by molar-refractivity contribution is 6.33. The van der Waals surface area contributed by atoms with Crippen LogP contribution in [-0.2, 0) is 0 Å². The Bertz CT molecular complexity index is 602. The minimum Gasteiger partial charge on any atom is -0.478 e. The van der Waals surface area contributed by atoms with Crippen LogP contribution in [0.4, 0.5) is 0 Å². The van der Waals surface area contributed by atoms with E-state index in [4.69, 9.17) is 33.0 Å². The zero-order valence-electron chi connectivity index (χ0n) is 8.93. The minimum atomic E-state index is -1.12. The normalized spacial score (nSPS) is 10.1. The molecule has 0 fully saturated rings. The molecule has 0 saturated carbocycles. The monoisotopic (exact) mass is 283 g/mol. The number of carboxylic acid groups (broad SMARTS) is 1. The summed E-state index contributed by atoms with van der Waals surface area (Å²) in [5, 5.41) is 9.42. The fourth-order valence-electron chi connectivity index (χ4n) is 1.30. The Kier molecular flexibility index (Phi) is 3.69. The summed E-state index contributed by atoms with van der Waals surface area (Å²) in [5.41, 5.74) is -0.0284. The largest absolute Gasteiger partial charge is 0.478 e. The molecule has 0 saturated heterocycles. The molecule has 6 heteroatoms. The molecule has 18 heavy (non-hydrogen) atoms. The van der Waals surface area contributed by atoms with E-state index in [2.05, 4.69) is 4.98 Å². The van der Waals surface area contributed by atoms with Crippen molar-refractivity contribution in [2.24, 2.45) is 0 Å². The first-order chi connectivity index (χ1) is 8.58. The van der Waals surface area contributed by atoms with Gasteiger partial charge in [-0.2, -0.15) is 0 Å². The fraction of sp³-hybridized carbons (Fsp3) is 0. The van der Waals surface area contributed by atoms with E-state index in [1.54, 1.807) is 12.1 Å². The molecule has 0 radical (unpaired) electrons.